The molecule has 0 saturated carbocycles. The van der Waals surface area contributed by atoms with Crippen molar-refractivity contribution >= 4 is 16.9 Å². The maximum Gasteiger partial charge on any atom is 0.339 e. The van der Waals surface area contributed by atoms with Gasteiger partial charge in [-0.15, -0.1) is 0 Å². The van der Waals surface area contributed by atoms with Crippen molar-refractivity contribution in [3.8, 4) is 11.5 Å². The number of ether oxygens (including phenoxy) is 3. The summed E-state index contributed by atoms with van der Waals surface area (Å²) in [6, 6.07) is 11.4. The van der Waals surface area contributed by atoms with Gasteiger partial charge in [-0.3, -0.25) is 4.79 Å². The highest BCUT2D eigenvalue weighted by molar-refractivity contribution is 5.85. The van der Waals surface area contributed by atoms with Gasteiger partial charge in [0.1, 0.15) is 23.7 Å². The van der Waals surface area contributed by atoms with Crippen molar-refractivity contribution in [3.63, 3.8) is 0 Å². The van der Waals surface area contributed by atoms with Gasteiger partial charge in [0, 0.05) is 22.9 Å². The summed E-state index contributed by atoms with van der Waals surface area (Å²) in [5.41, 5.74) is 3.11. The minimum absolute atomic E-state index is 0.145. The number of benzene rings is 2. The number of carbonyl (C=O) groups is 1. The lowest BCUT2D eigenvalue weighted by Gasteiger charge is -2.13. The fourth-order valence-electron chi connectivity index (χ4n) is 3.40. The van der Waals surface area contributed by atoms with Crippen LogP contribution in [-0.4, -0.2) is 19.7 Å². The lowest BCUT2D eigenvalue weighted by molar-refractivity contribution is -0.143. The number of hydrogen-bond donors (Lipinski definition) is 0. The van der Waals surface area contributed by atoms with Gasteiger partial charge >= 0.3 is 11.6 Å². The first kappa shape index (κ1) is 21.4. The lowest BCUT2D eigenvalue weighted by Crippen LogP contribution is -2.14. The Morgan fingerprint density at radius 2 is 1.90 bits per heavy atom. The maximum atomic E-state index is 12.6. The maximum absolute atomic E-state index is 12.6. The van der Waals surface area contributed by atoms with Crippen molar-refractivity contribution in [1.29, 1.82) is 0 Å². The van der Waals surface area contributed by atoms with Crippen LogP contribution < -0.4 is 15.1 Å². The molecule has 0 radical (unpaired) electrons. The fraction of sp³-hybridized carbons (Fsp3) is 0.333. The number of aryl methyl sites for hydroxylation is 2. The largest absolute Gasteiger partial charge is 0.497 e. The molecule has 0 saturated heterocycles. The predicted molar refractivity (Wildman–Crippen MR) is 114 cm³/mol. The third kappa shape index (κ3) is 4.64. The van der Waals surface area contributed by atoms with Crippen LogP contribution in [0.4, 0.5) is 0 Å². The molecule has 0 fully saturated rings. The van der Waals surface area contributed by atoms with Crippen LogP contribution in [-0.2, 0) is 22.6 Å². The van der Waals surface area contributed by atoms with Crippen LogP contribution in [0.5, 0.6) is 11.5 Å². The topological polar surface area (TPSA) is 75.0 Å². The van der Waals surface area contributed by atoms with Crippen LogP contribution in [0.3, 0.4) is 0 Å². The van der Waals surface area contributed by atoms with E-state index in [4.69, 9.17) is 18.6 Å². The van der Waals surface area contributed by atoms with E-state index in [-0.39, 0.29) is 18.8 Å². The minimum atomic E-state index is -0.433. The zero-order valence-electron chi connectivity index (χ0n) is 17.7. The number of fused-ring (bicyclic) bond motifs is 1. The van der Waals surface area contributed by atoms with E-state index in [1.165, 1.54) is 0 Å². The van der Waals surface area contributed by atoms with E-state index in [0.29, 0.717) is 30.1 Å². The summed E-state index contributed by atoms with van der Waals surface area (Å²) in [6.45, 7) is 6.18. The Balaban J connectivity index is 1.86. The second-order valence-electron chi connectivity index (χ2n) is 7.00. The molecule has 30 heavy (non-hydrogen) atoms. The van der Waals surface area contributed by atoms with Crippen LogP contribution in [0.25, 0.3) is 11.0 Å². The standard InChI is InChI=1S/C24H26O6/c1-5-28-22(25)12-10-20-15(2)19-9-11-21(16(3)23(19)30-24(20)26)29-14-17-7-6-8-18(13-17)27-4/h6-9,11,13H,5,10,12,14H2,1-4H3. The third-order valence-electron chi connectivity index (χ3n) is 5.07. The van der Waals surface area contributed by atoms with E-state index >= 15 is 0 Å². The van der Waals surface area contributed by atoms with Gasteiger partial charge in [-0.25, -0.2) is 4.79 Å². The molecule has 0 aliphatic carbocycles. The Kier molecular flexibility index (Phi) is 6.77. The van der Waals surface area contributed by atoms with Gasteiger partial charge in [0.2, 0.25) is 0 Å². The summed E-state index contributed by atoms with van der Waals surface area (Å²) in [5, 5.41) is 0.833. The molecular weight excluding hydrogens is 384 g/mol. The van der Waals surface area contributed by atoms with E-state index in [1.807, 2.05) is 50.2 Å². The highest BCUT2D eigenvalue weighted by Crippen LogP contribution is 2.30. The van der Waals surface area contributed by atoms with Crippen molar-refractivity contribution in [1.82, 2.24) is 0 Å². The number of methoxy groups -OCH3 is 1. The Morgan fingerprint density at radius 3 is 2.63 bits per heavy atom. The lowest BCUT2D eigenvalue weighted by atomic mass is 10.0. The van der Waals surface area contributed by atoms with Crippen molar-refractivity contribution in [2.45, 2.75) is 40.2 Å². The van der Waals surface area contributed by atoms with Gasteiger partial charge in [0.05, 0.1) is 13.7 Å². The zero-order valence-corrected chi connectivity index (χ0v) is 17.7. The molecule has 0 aliphatic heterocycles. The number of esters is 1. The van der Waals surface area contributed by atoms with Crippen LogP contribution in [0, 0.1) is 13.8 Å². The first-order valence-electron chi connectivity index (χ1n) is 9.91. The molecule has 1 heterocycles. The molecule has 0 bridgehead atoms. The number of hydrogen-bond acceptors (Lipinski definition) is 6. The minimum Gasteiger partial charge on any atom is -0.497 e. The van der Waals surface area contributed by atoms with Crippen LogP contribution in [0.1, 0.15) is 35.6 Å². The SMILES string of the molecule is CCOC(=O)CCc1c(C)c2ccc(OCc3cccc(OC)c3)c(C)c2oc1=O. The summed E-state index contributed by atoms with van der Waals surface area (Å²) in [4.78, 5) is 24.2. The molecule has 0 spiro atoms. The van der Waals surface area contributed by atoms with E-state index in [9.17, 15) is 9.59 Å². The molecule has 0 amide bonds. The molecule has 3 rings (SSSR count). The Labute approximate surface area is 175 Å². The molecule has 0 unspecified atom stereocenters. The summed E-state index contributed by atoms with van der Waals surface area (Å²) in [5.74, 6) is 1.09. The fourth-order valence-corrected chi connectivity index (χ4v) is 3.40. The van der Waals surface area contributed by atoms with Gasteiger partial charge in [-0.05, 0) is 62.6 Å². The molecule has 158 valence electrons. The average molecular weight is 410 g/mol. The Morgan fingerprint density at radius 1 is 1.10 bits per heavy atom. The van der Waals surface area contributed by atoms with E-state index in [2.05, 4.69) is 0 Å². The average Bonchev–Trinajstić information content (AvgIpc) is 2.74. The van der Waals surface area contributed by atoms with Crippen LogP contribution >= 0.6 is 0 Å². The molecule has 0 atom stereocenters. The van der Waals surface area contributed by atoms with Crippen LogP contribution in [0.15, 0.2) is 45.6 Å². The van der Waals surface area contributed by atoms with Crippen molar-refractivity contribution < 1.29 is 23.4 Å². The quantitative estimate of drug-likeness (QED) is 0.402. The number of rotatable bonds is 8. The van der Waals surface area contributed by atoms with Gasteiger partial charge in [0.15, 0.2) is 0 Å². The molecule has 0 aliphatic rings. The smallest absolute Gasteiger partial charge is 0.339 e. The highest BCUT2D eigenvalue weighted by atomic mass is 16.5. The molecule has 6 nitrogen and oxygen atoms in total. The molecule has 0 N–H and O–H groups in total. The van der Waals surface area contributed by atoms with E-state index < -0.39 is 5.63 Å². The molecule has 2 aromatic carbocycles. The Hall–Kier alpha value is -3.28. The van der Waals surface area contributed by atoms with Gasteiger partial charge in [-0.2, -0.15) is 0 Å². The van der Waals surface area contributed by atoms with Crippen molar-refractivity contribution in [2.24, 2.45) is 0 Å². The monoisotopic (exact) mass is 410 g/mol. The van der Waals surface area contributed by atoms with Crippen molar-refractivity contribution in [2.75, 3.05) is 13.7 Å². The normalized spacial score (nSPS) is 10.8. The molecule has 3 aromatic rings. The highest BCUT2D eigenvalue weighted by Gasteiger charge is 2.16. The first-order valence-corrected chi connectivity index (χ1v) is 9.91. The first-order chi connectivity index (χ1) is 14.4. The second-order valence-corrected chi connectivity index (χ2v) is 7.00. The van der Waals surface area contributed by atoms with E-state index in [1.54, 1.807) is 14.0 Å². The summed E-state index contributed by atoms with van der Waals surface area (Å²) in [6.07, 6.45) is 0.432. The van der Waals surface area contributed by atoms with Gasteiger partial charge < -0.3 is 18.6 Å². The zero-order chi connectivity index (χ0) is 21.7. The third-order valence-corrected chi connectivity index (χ3v) is 5.07. The molecule has 6 heteroatoms. The Bertz CT molecular complexity index is 1110. The van der Waals surface area contributed by atoms with Crippen LogP contribution in [0.2, 0.25) is 0 Å². The summed E-state index contributed by atoms with van der Waals surface area (Å²) < 4.78 is 21.8. The summed E-state index contributed by atoms with van der Waals surface area (Å²) in [7, 11) is 1.62. The van der Waals surface area contributed by atoms with Crippen molar-refractivity contribution in [3.05, 3.63) is 69.1 Å². The predicted octanol–water partition coefficient (Wildman–Crippen LogP) is 4.49. The van der Waals surface area contributed by atoms with E-state index in [0.717, 1.165) is 27.8 Å². The molecule has 1 aromatic heterocycles. The number of carbonyl (C=O) groups excluding carboxylic acids is 1. The van der Waals surface area contributed by atoms with Gasteiger partial charge in [-0.1, -0.05) is 12.1 Å². The van der Waals surface area contributed by atoms with Gasteiger partial charge in [0.25, 0.3) is 0 Å². The second kappa shape index (κ2) is 9.48. The molecular formula is C24H26O6. The summed E-state index contributed by atoms with van der Waals surface area (Å²) >= 11 is 0.